The van der Waals surface area contributed by atoms with Crippen LogP contribution in [0.25, 0.3) is 11.3 Å². The molecular formula is C18H17F3N6O2. The number of nitrogens with zero attached hydrogens (tertiary/aromatic N) is 4. The Morgan fingerprint density at radius 1 is 1.24 bits per heavy atom. The first kappa shape index (κ1) is 20.1. The zero-order chi connectivity index (χ0) is 21.2. The van der Waals surface area contributed by atoms with Crippen LogP contribution in [-0.4, -0.2) is 32.0 Å². The van der Waals surface area contributed by atoms with Gasteiger partial charge in [0.15, 0.2) is 17.3 Å². The lowest BCUT2D eigenvalue weighted by Gasteiger charge is -2.14. The summed E-state index contributed by atoms with van der Waals surface area (Å²) in [5.74, 6) is -1.12. The summed E-state index contributed by atoms with van der Waals surface area (Å²) in [5, 5.41) is 6.64. The molecule has 0 aliphatic rings. The molecule has 3 N–H and O–H groups in total. The largest absolute Gasteiger partial charge is 0.573 e. The summed E-state index contributed by atoms with van der Waals surface area (Å²) >= 11 is 0. The molecule has 0 bridgehead atoms. The molecule has 0 unspecified atom stereocenters. The second-order valence-corrected chi connectivity index (χ2v) is 6.26. The number of amides is 1. The van der Waals surface area contributed by atoms with Crippen molar-refractivity contribution in [2.45, 2.75) is 26.3 Å². The zero-order valence-corrected chi connectivity index (χ0v) is 15.4. The van der Waals surface area contributed by atoms with Crippen LogP contribution in [0.2, 0.25) is 0 Å². The lowest BCUT2D eigenvalue weighted by molar-refractivity contribution is -0.274. The van der Waals surface area contributed by atoms with E-state index in [1.54, 1.807) is 16.9 Å². The number of nitrogens with two attached hydrogens (primary N) is 1. The number of halogens is 3. The number of carbonyl (C=O) groups excluding carboxylic acids is 1. The minimum Gasteiger partial charge on any atom is -0.405 e. The lowest BCUT2D eigenvalue weighted by Crippen LogP contribution is -2.18. The fourth-order valence-electron chi connectivity index (χ4n) is 2.47. The van der Waals surface area contributed by atoms with Crippen LogP contribution in [0.1, 0.15) is 30.4 Å². The van der Waals surface area contributed by atoms with E-state index < -0.39 is 18.0 Å². The number of anilines is 2. The van der Waals surface area contributed by atoms with Gasteiger partial charge in [0.2, 0.25) is 0 Å². The van der Waals surface area contributed by atoms with Crippen molar-refractivity contribution in [1.29, 1.82) is 0 Å². The van der Waals surface area contributed by atoms with Crippen LogP contribution in [0.5, 0.6) is 5.75 Å². The third-order valence-corrected chi connectivity index (χ3v) is 3.78. The minimum atomic E-state index is -4.87. The van der Waals surface area contributed by atoms with Gasteiger partial charge in [-0.3, -0.25) is 9.48 Å². The highest BCUT2D eigenvalue weighted by Gasteiger charge is 2.32. The highest BCUT2D eigenvalue weighted by Crippen LogP contribution is 2.34. The van der Waals surface area contributed by atoms with Crippen LogP contribution in [0.3, 0.4) is 0 Å². The van der Waals surface area contributed by atoms with E-state index in [1.165, 1.54) is 24.4 Å². The summed E-state index contributed by atoms with van der Waals surface area (Å²) in [6, 6.07) is 7.05. The molecule has 2 aromatic heterocycles. The van der Waals surface area contributed by atoms with Crippen molar-refractivity contribution in [3.8, 4) is 17.0 Å². The van der Waals surface area contributed by atoms with E-state index in [1.807, 2.05) is 13.8 Å². The number of benzene rings is 1. The Balaban J connectivity index is 1.83. The molecule has 8 nitrogen and oxygen atoms in total. The predicted octanol–water partition coefficient (Wildman–Crippen LogP) is 3.65. The molecule has 152 valence electrons. The second-order valence-electron chi connectivity index (χ2n) is 6.26. The predicted molar refractivity (Wildman–Crippen MR) is 99.1 cm³/mol. The summed E-state index contributed by atoms with van der Waals surface area (Å²) in [4.78, 5) is 20.3. The third-order valence-electron chi connectivity index (χ3n) is 3.78. The average molecular weight is 406 g/mol. The molecule has 3 rings (SSSR count). The number of aromatic nitrogens is 4. The maximum Gasteiger partial charge on any atom is 0.573 e. The first-order valence-corrected chi connectivity index (χ1v) is 8.48. The monoisotopic (exact) mass is 406 g/mol. The van der Waals surface area contributed by atoms with Crippen LogP contribution >= 0.6 is 0 Å². The SMILES string of the molecule is CC(C)n1ccc(C(=O)Nc2cnc(-c3ccccc3OC(F)(F)F)c(N)n2)n1. The first-order chi connectivity index (χ1) is 13.6. The number of rotatable bonds is 5. The topological polar surface area (TPSA) is 108 Å². The van der Waals surface area contributed by atoms with Crippen LogP contribution in [0, 0.1) is 0 Å². The zero-order valence-electron chi connectivity index (χ0n) is 15.4. The van der Waals surface area contributed by atoms with E-state index in [2.05, 4.69) is 25.1 Å². The highest BCUT2D eigenvalue weighted by atomic mass is 19.4. The van der Waals surface area contributed by atoms with E-state index in [9.17, 15) is 18.0 Å². The number of ether oxygens (including phenoxy) is 1. The van der Waals surface area contributed by atoms with Gasteiger partial charge in [-0.15, -0.1) is 13.2 Å². The molecule has 0 atom stereocenters. The molecule has 1 amide bonds. The van der Waals surface area contributed by atoms with Crippen LogP contribution < -0.4 is 15.8 Å². The van der Waals surface area contributed by atoms with Crippen molar-refractivity contribution in [3.05, 3.63) is 48.4 Å². The molecule has 0 aliphatic heterocycles. The standard InChI is InChI=1S/C18H17F3N6O2/c1-10(2)27-8-7-12(26-27)17(28)25-14-9-23-15(16(22)24-14)11-5-3-4-6-13(11)29-18(19,20)21/h3-10H,1-2H3,(H3,22,24,25,28). The fourth-order valence-corrected chi connectivity index (χ4v) is 2.47. The molecular weight excluding hydrogens is 389 g/mol. The first-order valence-electron chi connectivity index (χ1n) is 8.48. The summed E-state index contributed by atoms with van der Waals surface area (Å²) in [7, 11) is 0. The van der Waals surface area contributed by atoms with Crippen molar-refractivity contribution in [1.82, 2.24) is 19.7 Å². The smallest absolute Gasteiger partial charge is 0.405 e. The van der Waals surface area contributed by atoms with Gasteiger partial charge in [0, 0.05) is 17.8 Å². The minimum absolute atomic E-state index is 0.00747. The Morgan fingerprint density at radius 2 is 1.97 bits per heavy atom. The van der Waals surface area contributed by atoms with Gasteiger partial charge in [-0.2, -0.15) is 5.10 Å². The number of nitrogens with one attached hydrogen (secondary N) is 1. The van der Waals surface area contributed by atoms with E-state index in [0.717, 1.165) is 6.07 Å². The molecule has 0 saturated heterocycles. The van der Waals surface area contributed by atoms with E-state index in [4.69, 9.17) is 5.73 Å². The van der Waals surface area contributed by atoms with Crippen molar-refractivity contribution in [3.63, 3.8) is 0 Å². The maximum absolute atomic E-state index is 12.6. The number of nitrogen functional groups attached to an aromatic ring is 1. The van der Waals surface area contributed by atoms with Gasteiger partial charge in [0.1, 0.15) is 11.4 Å². The van der Waals surface area contributed by atoms with Gasteiger partial charge >= 0.3 is 6.36 Å². The summed E-state index contributed by atoms with van der Waals surface area (Å²) in [6.07, 6.45) is -2.01. The molecule has 0 radical (unpaired) electrons. The van der Waals surface area contributed by atoms with Crippen LogP contribution in [0.4, 0.5) is 24.8 Å². The Labute approximate surface area is 163 Å². The Hall–Kier alpha value is -3.63. The van der Waals surface area contributed by atoms with Crippen molar-refractivity contribution >= 4 is 17.5 Å². The van der Waals surface area contributed by atoms with Crippen molar-refractivity contribution in [2.75, 3.05) is 11.1 Å². The number of para-hydroxylation sites is 1. The number of hydrogen-bond acceptors (Lipinski definition) is 6. The Morgan fingerprint density at radius 3 is 2.59 bits per heavy atom. The fraction of sp³-hybridized carbons (Fsp3) is 0.222. The summed E-state index contributed by atoms with van der Waals surface area (Å²) in [5.41, 5.74) is 6.05. The van der Waals surface area contributed by atoms with Gasteiger partial charge in [-0.1, -0.05) is 12.1 Å². The quantitative estimate of drug-likeness (QED) is 0.670. The van der Waals surface area contributed by atoms with E-state index >= 15 is 0 Å². The highest BCUT2D eigenvalue weighted by molar-refractivity contribution is 6.02. The van der Waals surface area contributed by atoms with Gasteiger partial charge in [-0.05, 0) is 32.0 Å². The van der Waals surface area contributed by atoms with Crippen molar-refractivity contribution in [2.24, 2.45) is 0 Å². The Kier molecular flexibility index (Phi) is 5.39. The molecule has 11 heteroatoms. The van der Waals surface area contributed by atoms with Crippen LogP contribution in [0.15, 0.2) is 42.7 Å². The maximum atomic E-state index is 12.6. The van der Waals surface area contributed by atoms with Crippen LogP contribution in [-0.2, 0) is 0 Å². The van der Waals surface area contributed by atoms with E-state index in [-0.39, 0.29) is 34.6 Å². The normalized spacial score (nSPS) is 11.5. The molecule has 1 aromatic carbocycles. The summed E-state index contributed by atoms with van der Waals surface area (Å²) < 4.78 is 43.5. The average Bonchev–Trinajstić information content (AvgIpc) is 3.12. The molecule has 0 spiro atoms. The van der Waals surface area contributed by atoms with E-state index in [0.29, 0.717) is 0 Å². The van der Waals surface area contributed by atoms with Gasteiger partial charge < -0.3 is 15.8 Å². The molecule has 0 saturated carbocycles. The molecule has 3 aromatic rings. The number of alkyl halides is 3. The molecule has 29 heavy (non-hydrogen) atoms. The molecule has 2 heterocycles. The summed E-state index contributed by atoms with van der Waals surface area (Å²) in [6.45, 7) is 3.83. The Bertz CT molecular complexity index is 1030. The van der Waals surface area contributed by atoms with Crippen molar-refractivity contribution < 1.29 is 22.7 Å². The van der Waals surface area contributed by atoms with Gasteiger partial charge in [-0.25, -0.2) is 9.97 Å². The number of hydrogen-bond donors (Lipinski definition) is 2. The van der Waals surface area contributed by atoms with Gasteiger partial charge in [0.05, 0.1) is 6.20 Å². The lowest BCUT2D eigenvalue weighted by atomic mass is 10.1. The second kappa shape index (κ2) is 7.78. The molecule has 0 fully saturated rings. The molecule has 0 aliphatic carbocycles. The third kappa shape index (κ3) is 4.81. The number of carbonyl (C=O) groups is 1. The van der Waals surface area contributed by atoms with Gasteiger partial charge in [0.25, 0.3) is 5.91 Å².